The van der Waals surface area contributed by atoms with E-state index >= 15 is 0 Å². The number of amides is 1. The predicted molar refractivity (Wildman–Crippen MR) is 81.9 cm³/mol. The summed E-state index contributed by atoms with van der Waals surface area (Å²) in [6, 6.07) is 5.16. The van der Waals surface area contributed by atoms with E-state index < -0.39 is 11.8 Å². The number of methoxy groups -OCH3 is 1. The van der Waals surface area contributed by atoms with Gasteiger partial charge in [0.15, 0.2) is 0 Å². The van der Waals surface area contributed by atoms with Gasteiger partial charge >= 0.3 is 5.92 Å². The first-order chi connectivity index (χ1) is 11.5. The third kappa shape index (κ3) is 3.37. The van der Waals surface area contributed by atoms with Gasteiger partial charge in [-0.05, 0) is 37.1 Å². The predicted octanol–water partition coefficient (Wildman–Crippen LogP) is 2.07. The fraction of sp³-hybridized carbons (Fsp3) is 0.438. The number of carbonyl (C=O) groups excluding carboxylic acids is 1. The zero-order valence-corrected chi connectivity index (χ0v) is 13.2. The largest absolute Gasteiger partial charge is 0.497 e. The molecule has 128 valence electrons. The van der Waals surface area contributed by atoms with Crippen molar-refractivity contribution in [2.75, 3.05) is 13.7 Å². The van der Waals surface area contributed by atoms with Crippen LogP contribution in [0.15, 0.2) is 30.6 Å². The fourth-order valence-corrected chi connectivity index (χ4v) is 2.43. The Labute approximate surface area is 137 Å². The van der Waals surface area contributed by atoms with Crippen LogP contribution in [0.1, 0.15) is 30.1 Å². The normalized spacial score (nSPS) is 14.5. The fourth-order valence-electron chi connectivity index (χ4n) is 2.43. The molecule has 1 aliphatic carbocycles. The first-order valence-electron chi connectivity index (χ1n) is 7.70. The number of aromatic nitrogens is 3. The standard InChI is InChI=1S/C16H18F2N4O2/c1-24-13-6-4-12(5-7-13)16(17,18)15(23)19-8-9-22-10-20-21-14(22)11-2-3-11/h4-7,10-11H,2-3,8-9H2,1H3,(H,19,23). The van der Waals surface area contributed by atoms with E-state index in [0.717, 1.165) is 18.7 Å². The molecule has 1 aromatic heterocycles. The van der Waals surface area contributed by atoms with Gasteiger partial charge in [-0.25, -0.2) is 0 Å². The van der Waals surface area contributed by atoms with Crippen LogP contribution in [0.5, 0.6) is 5.75 Å². The van der Waals surface area contributed by atoms with Gasteiger partial charge in [0.1, 0.15) is 17.9 Å². The molecule has 1 amide bonds. The average molecular weight is 336 g/mol. The third-order valence-corrected chi connectivity index (χ3v) is 3.96. The van der Waals surface area contributed by atoms with Gasteiger partial charge in [-0.2, -0.15) is 8.78 Å². The summed E-state index contributed by atoms with van der Waals surface area (Å²) in [6.07, 6.45) is 3.70. The van der Waals surface area contributed by atoms with E-state index in [-0.39, 0.29) is 12.1 Å². The van der Waals surface area contributed by atoms with Crippen molar-refractivity contribution in [2.45, 2.75) is 31.2 Å². The summed E-state index contributed by atoms with van der Waals surface area (Å²) in [7, 11) is 1.45. The molecule has 0 saturated heterocycles. The van der Waals surface area contributed by atoms with Gasteiger partial charge in [0, 0.05) is 24.6 Å². The number of hydrogen-bond donors (Lipinski definition) is 1. The first kappa shape index (κ1) is 16.4. The molecule has 0 atom stereocenters. The molecule has 1 fully saturated rings. The Morgan fingerprint density at radius 1 is 1.38 bits per heavy atom. The molecule has 1 N–H and O–H groups in total. The zero-order valence-electron chi connectivity index (χ0n) is 13.2. The van der Waals surface area contributed by atoms with Crippen molar-refractivity contribution in [2.24, 2.45) is 0 Å². The Kier molecular flexibility index (Phi) is 4.46. The number of alkyl halides is 2. The summed E-state index contributed by atoms with van der Waals surface area (Å²) < 4.78 is 35.1. The summed E-state index contributed by atoms with van der Waals surface area (Å²) >= 11 is 0. The van der Waals surface area contributed by atoms with Crippen LogP contribution in [0, 0.1) is 0 Å². The lowest BCUT2D eigenvalue weighted by molar-refractivity contribution is -0.147. The maximum atomic E-state index is 14.2. The Bertz CT molecular complexity index is 711. The highest BCUT2D eigenvalue weighted by molar-refractivity contribution is 5.84. The highest BCUT2D eigenvalue weighted by atomic mass is 19.3. The van der Waals surface area contributed by atoms with Gasteiger partial charge in [-0.1, -0.05) is 0 Å². The lowest BCUT2D eigenvalue weighted by Gasteiger charge is -2.17. The van der Waals surface area contributed by atoms with Crippen LogP contribution < -0.4 is 10.1 Å². The second kappa shape index (κ2) is 6.54. The smallest absolute Gasteiger partial charge is 0.349 e. The van der Waals surface area contributed by atoms with Crippen molar-refractivity contribution >= 4 is 5.91 Å². The quantitative estimate of drug-likeness (QED) is 0.840. The minimum atomic E-state index is -3.60. The Morgan fingerprint density at radius 3 is 2.71 bits per heavy atom. The van der Waals surface area contributed by atoms with E-state index in [9.17, 15) is 13.6 Å². The summed E-state index contributed by atoms with van der Waals surface area (Å²) in [5, 5.41) is 10.1. The van der Waals surface area contributed by atoms with Crippen molar-refractivity contribution in [1.82, 2.24) is 20.1 Å². The first-order valence-corrected chi connectivity index (χ1v) is 7.70. The van der Waals surface area contributed by atoms with Crippen LogP contribution >= 0.6 is 0 Å². The molecule has 6 nitrogen and oxygen atoms in total. The Morgan fingerprint density at radius 2 is 2.08 bits per heavy atom. The summed E-state index contributed by atoms with van der Waals surface area (Å²) in [6.45, 7) is 0.450. The van der Waals surface area contributed by atoms with Crippen molar-refractivity contribution in [3.05, 3.63) is 42.0 Å². The average Bonchev–Trinajstić information content (AvgIpc) is 3.33. The van der Waals surface area contributed by atoms with E-state index in [1.54, 1.807) is 10.9 Å². The Hall–Kier alpha value is -2.51. The van der Waals surface area contributed by atoms with Crippen molar-refractivity contribution in [3.8, 4) is 5.75 Å². The van der Waals surface area contributed by atoms with Gasteiger partial charge in [-0.15, -0.1) is 10.2 Å². The number of halogens is 2. The minimum absolute atomic E-state index is 0.0857. The lowest BCUT2D eigenvalue weighted by atomic mass is 10.1. The molecule has 0 radical (unpaired) electrons. The molecule has 3 rings (SSSR count). The van der Waals surface area contributed by atoms with Gasteiger partial charge < -0.3 is 14.6 Å². The van der Waals surface area contributed by atoms with Crippen LogP contribution in [0.4, 0.5) is 8.78 Å². The Balaban J connectivity index is 1.57. The van der Waals surface area contributed by atoms with Gasteiger partial charge in [0.2, 0.25) is 0 Å². The SMILES string of the molecule is COc1ccc(C(F)(F)C(=O)NCCn2cnnc2C2CC2)cc1. The third-order valence-electron chi connectivity index (χ3n) is 3.96. The zero-order chi connectivity index (χ0) is 17.2. The minimum Gasteiger partial charge on any atom is -0.497 e. The van der Waals surface area contributed by atoms with Crippen LogP contribution in [0.2, 0.25) is 0 Å². The molecule has 1 saturated carbocycles. The topological polar surface area (TPSA) is 69.0 Å². The summed E-state index contributed by atoms with van der Waals surface area (Å²) in [5.41, 5.74) is -0.372. The summed E-state index contributed by atoms with van der Waals surface area (Å²) in [5.74, 6) is -3.21. The number of nitrogens with zero attached hydrogens (tertiary/aromatic N) is 3. The number of ether oxygens (including phenoxy) is 1. The molecule has 8 heteroatoms. The highest BCUT2D eigenvalue weighted by Crippen LogP contribution is 2.38. The van der Waals surface area contributed by atoms with E-state index in [1.165, 1.54) is 31.4 Å². The van der Waals surface area contributed by atoms with Crippen molar-refractivity contribution in [3.63, 3.8) is 0 Å². The molecular weight excluding hydrogens is 318 g/mol. The van der Waals surface area contributed by atoms with Crippen LogP contribution in [0.3, 0.4) is 0 Å². The molecular formula is C16H18F2N4O2. The second-order valence-electron chi connectivity index (χ2n) is 5.72. The molecule has 0 aliphatic heterocycles. The molecule has 1 aliphatic rings. The van der Waals surface area contributed by atoms with E-state index in [1.807, 2.05) is 0 Å². The van der Waals surface area contributed by atoms with E-state index in [2.05, 4.69) is 15.5 Å². The number of nitrogens with one attached hydrogen (secondary N) is 1. The van der Waals surface area contributed by atoms with Crippen LogP contribution in [-0.4, -0.2) is 34.3 Å². The highest BCUT2D eigenvalue weighted by Gasteiger charge is 2.40. The van der Waals surface area contributed by atoms with Gasteiger partial charge in [-0.3, -0.25) is 4.79 Å². The molecule has 0 unspecified atom stereocenters. The second-order valence-corrected chi connectivity index (χ2v) is 5.72. The maximum absolute atomic E-state index is 14.2. The molecule has 0 bridgehead atoms. The molecule has 2 aromatic rings. The number of carbonyl (C=O) groups is 1. The number of hydrogen-bond acceptors (Lipinski definition) is 4. The summed E-state index contributed by atoms with van der Waals surface area (Å²) in [4.78, 5) is 11.8. The van der Waals surface area contributed by atoms with E-state index in [0.29, 0.717) is 18.2 Å². The monoisotopic (exact) mass is 336 g/mol. The van der Waals surface area contributed by atoms with Crippen molar-refractivity contribution in [1.29, 1.82) is 0 Å². The van der Waals surface area contributed by atoms with Gasteiger partial charge in [0.05, 0.1) is 7.11 Å². The van der Waals surface area contributed by atoms with Gasteiger partial charge in [0.25, 0.3) is 5.91 Å². The van der Waals surface area contributed by atoms with Crippen molar-refractivity contribution < 1.29 is 18.3 Å². The molecule has 1 heterocycles. The molecule has 1 aromatic carbocycles. The molecule has 0 spiro atoms. The molecule has 24 heavy (non-hydrogen) atoms. The number of benzene rings is 1. The number of rotatable bonds is 7. The van der Waals surface area contributed by atoms with Crippen LogP contribution in [-0.2, 0) is 17.3 Å². The van der Waals surface area contributed by atoms with E-state index in [4.69, 9.17) is 4.74 Å². The van der Waals surface area contributed by atoms with Crippen LogP contribution in [0.25, 0.3) is 0 Å². The lowest BCUT2D eigenvalue weighted by Crippen LogP contribution is -2.39. The maximum Gasteiger partial charge on any atom is 0.349 e.